The van der Waals surface area contributed by atoms with Crippen LogP contribution in [0.4, 0.5) is 0 Å². The summed E-state index contributed by atoms with van der Waals surface area (Å²) in [5.41, 5.74) is 0. The van der Waals surface area contributed by atoms with E-state index in [0.717, 1.165) is 0 Å². The zero-order valence-corrected chi connectivity index (χ0v) is 4.07. The van der Waals surface area contributed by atoms with Gasteiger partial charge in [-0.05, 0) is 12.3 Å². The monoisotopic (exact) mass is 86.0 g/mol. The summed E-state index contributed by atoms with van der Waals surface area (Å²) in [6, 6.07) is 0. The first-order chi connectivity index (χ1) is 2.50. The van der Waals surface area contributed by atoms with E-state index in [4.69, 9.17) is 0 Å². The molecule has 1 aliphatic heterocycles. The fraction of sp³-hybridized carbons (Fsp3) is 0.500. The highest BCUT2D eigenvalue weighted by molar-refractivity contribution is 7.38. The summed E-state index contributed by atoms with van der Waals surface area (Å²) in [6.45, 7) is 0. The smallest absolute Gasteiger partial charge is 0.0169 e. The van der Waals surface area contributed by atoms with Crippen LogP contribution < -0.4 is 0 Å². The second-order valence-corrected chi connectivity index (χ2v) is 2.45. The molecule has 28 valence electrons. The zero-order valence-electron chi connectivity index (χ0n) is 3.07. The maximum atomic E-state index is 2.25. The van der Waals surface area contributed by atoms with Gasteiger partial charge in [-0.15, -0.1) is 8.58 Å². The van der Waals surface area contributed by atoms with Crippen molar-refractivity contribution in [1.29, 1.82) is 0 Å². The van der Waals surface area contributed by atoms with Crippen molar-refractivity contribution in [1.82, 2.24) is 0 Å². The molecule has 0 aromatic heterocycles. The van der Waals surface area contributed by atoms with Gasteiger partial charge in [0.2, 0.25) is 0 Å². The van der Waals surface area contributed by atoms with Crippen molar-refractivity contribution in [3.63, 3.8) is 0 Å². The lowest BCUT2D eigenvalue weighted by molar-refractivity contribution is 1.78. The molecule has 0 aromatic rings. The molecule has 0 atom stereocenters. The maximum Gasteiger partial charge on any atom is -0.0169 e. The zero-order chi connectivity index (χ0) is 3.54. The standard InChI is InChI=1S/C4H7P/c1-2-4-5-3-1/h1-2,5H,3-4H2. The van der Waals surface area contributed by atoms with Crippen LogP contribution in [0.15, 0.2) is 12.2 Å². The molecule has 1 heterocycles. The first-order valence-electron chi connectivity index (χ1n) is 1.86. The molecule has 0 saturated carbocycles. The molecule has 0 aliphatic carbocycles. The van der Waals surface area contributed by atoms with Crippen LogP contribution in [0.5, 0.6) is 0 Å². The topological polar surface area (TPSA) is 0 Å². The van der Waals surface area contributed by atoms with E-state index in [1.54, 1.807) is 0 Å². The molecule has 0 fully saturated rings. The SMILES string of the molecule is C1=CCPC1. The van der Waals surface area contributed by atoms with Crippen LogP contribution in [-0.2, 0) is 0 Å². The third-order valence-corrected chi connectivity index (χ3v) is 1.74. The van der Waals surface area contributed by atoms with E-state index >= 15 is 0 Å². The Morgan fingerprint density at radius 2 is 1.80 bits per heavy atom. The van der Waals surface area contributed by atoms with Crippen molar-refractivity contribution in [2.45, 2.75) is 0 Å². The molecule has 0 nitrogen and oxygen atoms in total. The molecule has 1 heteroatoms. The Labute approximate surface area is 34.1 Å². The first-order valence-corrected chi connectivity index (χ1v) is 3.27. The van der Waals surface area contributed by atoms with Gasteiger partial charge in [-0.2, -0.15) is 0 Å². The van der Waals surface area contributed by atoms with Crippen molar-refractivity contribution in [3.8, 4) is 0 Å². The van der Waals surface area contributed by atoms with Crippen molar-refractivity contribution in [3.05, 3.63) is 12.2 Å². The van der Waals surface area contributed by atoms with Gasteiger partial charge in [0.1, 0.15) is 0 Å². The predicted molar refractivity (Wildman–Crippen MR) is 27.2 cm³/mol. The number of allylic oxidation sites excluding steroid dienone is 2. The highest BCUT2D eigenvalue weighted by atomic mass is 31.1. The van der Waals surface area contributed by atoms with E-state index in [1.807, 2.05) is 0 Å². The highest BCUT2D eigenvalue weighted by Gasteiger charge is 1.84. The van der Waals surface area contributed by atoms with E-state index < -0.39 is 0 Å². The molecule has 1 aliphatic rings. The van der Waals surface area contributed by atoms with Gasteiger partial charge in [-0.1, -0.05) is 12.2 Å². The Hall–Kier alpha value is 0.170. The second-order valence-electron chi connectivity index (χ2n) is 1.13. The normalized spacial score (nSPS) is 20.8. The molecule has 0 aromatic carbocycles. The third kappa shape index (κ3) is 0.735. The molecule has 0 unspecified atom stereocenters. The quantitative estimate of drug-likeness (QED) is 0.307. The van der Waals surface area contributed by atoms with Crippen molar-refractivity contribution in [2.75, 3.05) is 12.3 Å². The average Bonchev–Trinajstić information content (AvgIpc) is 1.76. The Morgan fingerprint density at radius 3 is 2.00 bits per heavy atom. The van der Waals surface area contributed by atoms with Gasteiger partial charge in [0, 0.05) is 0 Å². The molecule has 0 amide bonds. The van der Waals surface area contributed by atoms with Crippen LogP contribution >= 0.6 is 8.58 Å². The molecule has 0 spiro atoms. The molecule has 0 saturated heterocycles. The molecular formula is C4H7P. The summed E-state index contributed by atoms with van der Waals surface area (Å²) in [5.74, 6) is 0. The Balaban J connectivity index is 2.32. The van der Waals surface area contributed by atoms with Gasteiger partial charge in [0.25, 0.3) is 0 Å². The minimum absolute atomic E-state index is 1.20. The summed E-state index contributed by atoms with van der Waals surface area (Å²) in [5, 5.41) is 0. The fourth-order valence-corrected chi connectivity index (χ4v) is 1.25. The van der Waals surface area contributed by atoms with Gasteiger partial charge in [-0.3, -0.25) is 0 Å². The van der Waals surface area contributed by atoms with E-state index in [9.17, 15) is 0 Å². The Bertz CT molecular complexity index is 41.6. The summed E-state index contributed by atoms with van der Waals surface area (Å²) in [4.78, 5) is 0. The molecule has 5 heavy (non-hydrogen) atoms. The molecular weight excluding hydrogens is 79.0 g/mol. The van der Waals surface area contributed by atoms with E-state index in [-0.39, 0.29) is 0 Å². The number of hydrogen-bond acceptors (Lipinski definition) is 0. The van der Waals surface area contributed by atoms with Gasteiger partial charge in [-0.25, -0.2) is 0 Å². The largest absolute Gasteiger partial charge is 0.114 e. The van der Waals surface area contributed by atoms with E-state index in [0.29, 0.717) is 0 Å². The van der Waals surface area contributed by atoms with Gasteiger partial charge >= 0.3 is 0 Å². The molecule has 0 N–H and O–H groups in total. The fourth-order valence-electron chi connectivity index (χ4n) is 0.417. The average molecular weight is 86.1 g/mol. The van der Waals surface area contributed by atoms with Crippen molar-refractivity contribution in [2.24, 2.45) is 0 Å². The van der Waals surface area contributed by atoms with Crippen molar-refractivity contribution < 1.29 is 0 Å². The summed E-state index contributed by atoms with van der Waals surface area (Å²) in [6.07, 6.45) is 7.19. The minimum atomic E-state index is 1.20. The minimum Gasteiger partial charge on any atom is -0.114 e. The van der Waals surface area contributed by atoms with Crippen molar-refractivity contribution >= 4 is 8.58 Å². The second kappa shape index (κ2) is 1.57. The van der Waals surface area contributed by atoms with Crippen LogP contribution in [0.2, 0.25) is 0 Å². The number of hydrogen-bond donors (Lipinski definition) is 0. The Morgan fingerprint density at radius 1 is 1.20 bits per heavy atom. The number of rotatable bonds is 0. The molecule has 0 radical (unpaired) electrons. The van der Waals surface area contributed by atoms with Gasteiger partial charge in [0.05, 0.1) is 0 Å². The van der Waals surface area contributed by atoms with Gasteiger partial charge in [0.15, 0.2) is 0 Å². The Kier molecular flexibility index (Phi) is 1.05. The van der Waals surface area contributed by atoms with Crippen LogP contribution in [-0.4, -0.2) is 12.3 Å². The molecule has 1 rings (SSSR count). The van der Waals surface area contributed by atoms with Crippen LogP contribution in [0.3, 0.4) is 0 Å². The van der Waals surface area contributed by atoms with Crippen LogP contribution in [0, 0.1) is 0 Å². The predicted octanol–water partition coefficient (Wildman–Crippen LogP) is 1.23. The van der Waals surface area contributed by atoms with Gasteiger partial charge < -0.3 is 0 Å². The summed E-state index contributed by atoms with van der Waals surface area (Å²) >= 11 is 0. The van der Waals surface area contributed by atoms with E-state index in [1.165, 1.54) is 20.9 Å². The van der Waals surface area contributed by atoms with Crippen LogP contribution in [0.25, 0.3) is 0 Å². The third-order valence-electron chi connectivity index (χ3n) is 0.691. The molecule has 0 bridgehead atoms. The lowest BCUT2D eigenvalue weighted by Gasteiger charge is -1.70. The van der Waals surface area contributed by atoms with E-state index in [2.05, 4.69) is 12.2 Å². The maximum absolute atomic E-state index is 2.25. The summed E-state index contributed by atoms with van der Waals surface area (Å²) in [7, 11) is 1.20. The lowest BCUT2D eigenvalue weighted by atomic mass is 10.6. The lowest BCUT2D eigenvalue weighted by Crippen LogP contribution is -1.48. The first kappa shape index (κ1) is 3.36. The van der Waals surface area contributed by atoms with Crippen LogP contribution in [0.1, 0.15) is 0 Å². The highest BCUT2D eigenvalue weighted by Crippen LogP contribution is 2.14. The summed E-state index contributed by atoms with van der Waals surface area (Å²) < 4.78 is 0.